The maximum absolute atomic E-state index is 10.7. The largest absolute Gasteiger partial charge is 0.390 e. The zero-order valence-corrected chi connectivity index (χ0v) is 14.7. The predicted molar refractivity (Wildman–Crippen MR) is 88.4 cm³/mol. The molecule has 5 aliphatic rings. The minimum Gasteiger partial charge on any atom is -0.390 e. The molecule has 5 rings (SSSR count). The van der Waals surface area contributed by atoms with Gasteiger partial charge in [-0.25, -0.2) is 0 Å². The molecule has 3 heterocycles. The van der Waals surface area contributed by atoms with Gasteiger partial charge in [-0.1, -0.05) is 0 Å². The van der Waals surface area contributed by atoms with Gasteiger partial charge >= 0.3 is 0 Å². The first kappa shape index (κ1) is 16.0. The summed E-state index contributed by atoms with van der Waals surface area (Å²) in [7, 11) is 1.74. The van der Waals surface area contributed by atoms with E-state index >= 15 is 0 Å². The Morgan fingerprint density at radius 2 is 1.75 bits per heavy atom. The number of piperidine rings is 2. The van der Waals surface area contributed by atoms with Crippen LogP contribution in [-0.2, 0) is 14.2 Å². The highest BCUT2D eigenvalue weighted by atomic mass is 16.7. The molecular formula is C19H31NO4. The molecule has 5 heteroatoms. The molecule has 0 aromatic rings. The number of ether oxygens (including phenoxy) is 3. The average Bonchev–Trinajstić information content (AvgIpc) is 3.06. The van der Waals surface area contributed by atoms with Crippen molar-refractivity contribution < 1.29 is 19.3 Å². The summed E-state index contributed by atoms with van der Waals surface area (Å²) in [4.78, 5) is 2.69. The smallest absolute Gasteiger partial charge is 0.147 e. The first-order chi connectivity index (χ1) is 11.7. The summed E-state index contributed by atoms with van der Waals surface area (Å²) in [5.74, 6) is 2.65. The summed E-state index contributed by atoms with van der Waals surface area (Å²) >= 11 is 0. The Bertz CT molecular complexity index is 474. The summed E-state index contributed by atoms with van der Waals surface area (Å²) in [6.45, 7) is 2.75. The van der Waals surface area contributed by atoms with Gasteiger partial charge in [0.2, 0.25) is 0 Å². The van der Waals surface area contributed by atoms with E-state index in [0.717, 1.165) is 24.8 Å². The van der Waals surface area contributed by atoms with Crippen LogP contribution in [0.4, 0.5) is 0 Å². The molecular weight excluding hydrogens is 306 g/mol. The van der Waals surface area contributed by atoms with E-state index in [0.29, 0.717) is 36.9 Å². The Morgan fingerprint density at radius 1 is 0.958 bits per heavy atom. The number of rotatable bonds is 1. The number of hydrogen-bond donors (Lipinski definition) is 1. The topological polar surface area (TPSA) is 51.2 Å². The van der Waals surface area contributed by atoms with Crippen molar-refractivity contribution in [2.24, 2.45) is 23.7 Å². The van der Waals surface area contributed by atoms with Gasteiger partial charge in [-0.15, -0.1) is 0 Å². The van der Waals surface area contributed by atoms with Gasteiger partial charge in [0.05, 0.1) is 24.4 Å². The van der Waals surface area contributed by atoms with Crippen LogP contribution in [0.2, 0.25) is 0 Å². The van der Waals surface area contributed by atoms with Gasteiger partial charge in [0.15, 0.2) is 0 Å². The van der Waals surface area contributed by atoms with Crippen molar-refractivity contribution in [3.05, 3.63) is 0 Å². The molecule has 136 valence electrons. The lowest BCUT2D eigenvalue weighted by Crippen LogP contribution is -2.61. The summed E-state index contributed by atoms with van der Waals surface area (Å²) in [5.41, 5.74) is 0. The number of fused-ring (bicyclic) bond motifs is 5. The number of hydrogen-bond acceptors (Lipinski definition) is 5. The Kier molecular flexibility index (Phi) is 4.14. The molecule has 3 saturated heterocycles. The molecule has 0 amide bonds. The zero-order valence-electron chi connectivity index (χ0n) is 14.7. The minimum atomic E-state index is -0.283. The first-order valence-electron chi connectivity index (χ1n) is 9.92. The third kappa shape index (κ3) is 2.47. The Hall–Kier alpha value is -0.200. The number of aliphatic hydroxyl groups excluding tert-OH is 1. The predicted octanol–water partition coefficient (Wildman–Crippen LogP) is 1.63. The van der Waals surface area contributed by atoms with Crippen molar-refractivity contribution in [3.8, 4) is 0 Å². The van der Waals surface area contributed by atoms with E-state index in [2.05, 4.69) is 4.90 Å². The van der Waals surface area contributed by atoms with Crippen molar-refractivity contribution in [3.63, 3.8) is 0 Å². The fourth-order valence-electron chi connectivity index (χ4n) is 6.63. The summed E-state index contributed by atoms with van der Waals surface area (Å²) in [6.07, 6.45) is 7.60. The van der Waals surface area contributed by atoms with Gasteiger partial charge in [-0.3, -0.25) is 4.90 Å². The van der Waals surface area contributed by atoms with Crippen molar-refractivity contribution >= 4 is 0 Å². The van der Waals surface area contributed by atoms with Gasteiger partial charge in [-0.2, -0.15) is 0 Å². The Morgan fingerprint density at radius 3 is 2.58 bits per heavy atom. The monoisotopic (exact) mass is 337 g/mol. The van der Waals surface area contributed by atoms with Crippen LogP contribution >= 0.6 is 0 Å². The lowest BCUT2D eigenvalue weighted by atomic mass is 9.62. The Labute approximate surface area is 144 Å². The van der Waals surface area contributed by atoms with Gasteiger partial charge in [-0.05, 0) is 62.8 Å². The number of methoxy groups -OCH3 is 1. The van der Waals surface area contributed by atoms with Crippen molar-refractivity contribution in [2.45, 2.75) is 69.0 Å². The maximum atomic E-state index is 10.7. The lowest BCUT2D eigenvalue weighted by Gasteiger charge is -2.56. The summed E-state index contributed by atoms with van der Waals surface area (Å²) in [6, 6.07) is 0.696. The van der Waals surface area contributed by atoms with Gasteiger partial charge < -0.3 is 19.3 Å². The average molecular weight is 337 g/mol. The summed E-state index contributed by atoms with van der Waals surface area (Å²) < 4.78 is 17.1. The van der Waals surface area contributed by atoms with E-state index in [1.807, 2.05) is 0 Å². The van der Waals surface area contributed by atoms with Gasteiger partial charge in [0.25, 0.3) is 0 Å². The molecule has 9 atom stereocenters. The third-order valence-electron chi connectivity index (χ3n) is 7.91. The second kappa shape index (κ2) is 6.20. The molecule has 2 aliphatic carbocycles. The maximum Gasteiger partial charge on any atom is 0.147 e. The highest BCUT2D eigenvalue weighted by Crippen LogP contribution is 2.49. The van der Waals surface area contributed by atoms with E-state index in [1.54, 1.807) is 7.11 Å². The van der Waals surface area contributed by atoms with Crippen molar-refractivity contribution in [1.29, 1.82) is 0 Å². The molecule has 5 nitrogen and oxygen atoms in total. The van der Waals surface area contributed by atoms with Crippen LogP contribution in [-0.4, -0.2) is 67.5 Å². The van der Waals surface area contributed by atoms with E-state index < -0.39 is 0 Å². The minimum absolute atomic E-state index is 0.0415. The normalized spacial score (nSPS) is 54.5. The fourth-order valence-corrected chi connectivity index (χ4v) is 6.63. The zero-order chi connectivity index (χ0) is 16.3. The summed E-state index contributed by atoms with van der Waals surface area (Å²) in [5, 5.41) is 10.7. The van der Waals surface area contributed by atoms with Gasteiger partial charge in [0, 0.05) is 25.6 Å². The molecule has 24 heavy (non-hydrogen) atoms. The first-order valence-corrected chi connectivity index (χ1v) is 9.92. The molecule has 0 aromatic carbocycles. The van der Waals surface area contributed by atoms with Crippen LogP contribution in [0.1, 0.15) is 38.5 Å². The van der Waals surface area contributed by atoms with Crippen molar-refractivity contribution in [1.82, 2.24) is 4.90 Å². The third-order valence-corrected chi connectivity index (χ3v) is 7.91. The molecule has 1 N–H and O–H groups in total. The standard InChI is InChI=1S/C19H31NO4/c1-22-16-3-2-11-6-15-13-8-18-17(23-10-24-18)7-12(13)4-5-20(15)9-14(11)19(16)21/h11-19,21H,2-10H2,1H3. The highest BCUT2D eigenvalue weighted by Gasteiger charge is 2.52. The van der Waals surface area contributed by atoms with Crippen LogP contribution < -0.4 is 0 Å². The molecule has 0 bridgehead atoms. The van der Waals surface area contributed by atoms with Crippen LogP contribution in [0.3, 0.4) is 0 Å². The van der Waals surface area contributed by atoms with E-state index in [9.17, 15) is 5.11 Å². The molecule has 0 aromatic heterocycles. The van der Waals surface area contributed by atoms with Crippen LogP contribution in [0.5, 0.6) is 0 Å². The molecule has 0 spiro atoms. The fraction of sp³-hybridized carbons (Fsp3) is 1.00. The molecule has 5 fully saturated rings. The number of aliphatic hydroxyl groups is 1. The van der Waals surface area contributed by atoms with Crippen LogP contribution in [0.25, 0.3) is 0 Å². The molecule has 9 unspecified atom stereocenters. The molecule has 2 saturated carbocycles. The van der Waals surface area contributed by atoms with E-state index in [4.69, 9.17) is 14.2 Å². The highest BCUT2D eigenvalue weighted by molar-refractivity contribution is 5.03. The van der Waals surface area contributed by atoms with Crippen LogP contribution in [0, 0.1) is 23.7 Å². The van der Waals surface area contributed by atoms with Crippen molar-refractivity contribution in [2.75, 3.05) is 27.0 Å². The van der Waals surface area contributed by atoms with E-state index in [1.165, 1.54) is 38.6 Å². The van der Waals surface area contributed by atoms with Crippen LogP contribution in [0.15, 0.2) is 0 Å². The molecule has 0 radical (unpaired) electrons. The molecule has 3 aliphatic heterocycles. The second-order valence-corrected chi connectivity index (χ2v) is 8.78. The Balaban J connectivity index is 1.33. The quantitative estimate of drug-likeness (QED) is 0.788. The number of nitrogens with zero attached hydrogens (tertiary/aromatic N) is 1. The van der Waals surface area contributed by atoms with Gasteiger partial charge in [0.1, 0.15) is 6.79 Å². The lowest BCUT2D eigenvalue weighted by molar-refractivity contribution is -0.136. The van der Waals surface area contributed by atoms with E-state index in [-0.39, 0.29) is 12.2 Å². The second-order valence-electron chi connectivity index (χ2n) is 8.78. The SMILES string of the molecule is COC1CCC2CC3C4CC5OCOC5CC4CCN3CC2C1O.